The summed E-state index contributed by atoms with van der Waals surface area (Å²) in [5.41, 5.74) is 4.83. The first kappa shape index (κ1) is 16.7. The fraction of sp³-hybridized carbons (Fsp3) is 0.917. The van der Waals surface area contributed by atoms with Crippen molar-refractivity contribution in [1.82, 2.24) is 5.32 Å². The minimum absolute atomic E-state index is 0.245. The molecular formula is C12H26N2O2S. The Balaban J connectivity index is 3.89. The highest BCUT2D eigenvalue weighted by molar-refractivity contribution is 7.99. The van der Waals surface area contributed by atoms with E-state index >= 15 is 0 Å². The first-order valence-electron chi connectivity index (χ1n) is 6.18. The summed E-state index contributed by atoms with van der Waals surface area (Å²) < 4.78 is 0. The van der Waals surface area contributed by atoms with Crippen LogP contribution in [-0.2, 0) is 4.79 Å². The first-order chi connectivity index (χ1) is 7.92. The van der Waals surface area contributed by atoms with Crippen LogP contribution in [0.3, 0.4) is 0 Å². The van der Waals surface area contributed by atoms with Crippen LogP contribution in [0.1, 0.15) is 40.0 Å². The van der Waals surface area contributed by atoms with E-state index in [0.717, 1.165) is 30.8 Å². The summed E-state index contributed by atoms with van der Waals surface area (Å²) in [6, 6.07) is 0.245. The molecule has 1 unspecified atom stereocenters. The Morgan fingerprint density at radius 1 is 1.41 bits per heavy atom. The molecule has 0 saturated carbocycles. The molecule has 0 aliphatic heterocycles. The maximum Gasteiger partial charge on any atom is 0.237 e. The van der Waals surface area contributed by atoms with E-state index in [9.17, 15) is 4.79 Å². The maximum atomic E-state index is 11.4. The number of hydrogen-bond acceptors (Lipinski definition) is 4. The van der Waals surface area contributed by atoms with E-state index in [1.807, 2.05) is 32.5 Å². The van der Waals surface area contributed by atoms with E-state index in [0.29, 0.717) is 0 Å². The Hall–Kier alpha value is -0.260. The second-order valence-electron chi connectivity index (χ2n) is 4.79. The number of aliphatic hydroxyl groups is 1. The highest BCUT2D eigenvalue weighted by Crippen LogP contribution is 2.16. The number of aliphatic hydroxyl groups excluding tert-OH is 1. The van der Waals surface area contributed by atoms with Crippen molar-refractivity contribution in [2.45, 2.75) is 51.6 Å². The second kappa shape index (κ2) is 8.78. The van der Waals surface area contributed by atoms with E-state index in [4.69, 9.17) is 10.8 Å². The summed E-state index contributed by atoms with van der Waals surface area (Å²) in [5.74, 6) is 1.69. The van der Waals surface area contributed by atoms with Crippen molar-refractivity contribution < 1.29 is 9.90 Å². The van der Waals surface area contributed by atoms with Crippen molar-refractivity contribution in [1.29, 1.82) is 0 Å². The summed E-state index contributed by atoms with van der Waals surface area (Å²) in [6.07, 6.45) is 2.55. The largest absolute Gasteiger partial charge is 0.396 e. The number of amides is 1. The smallest absolute Gasteiger partial charge is 0.237 e. The minimum atomic E-state index is -0.605. The Labute approximate surface area is 109 Å². The van der Waals surface area contributed by atoms with Crippen LogP contribution in [0, 0.1) is 0 Å². The molecule has 0 aliphatic carbocycles. The third-order valence-electron chi connectivity index (χ3n) is 2.56. The third kappa shape index (κ3) is 7.63. The van der Waals surface area contributed by atoms with Crippen molar-refractivity contribution in [3.8, 4) is 0 Å². The van der Waals surface area contributed by atoms with Gasteiger partial charge in [0.2, 0.25) is 5.91 Å². The summed E-state index contributed by atoms with van der Waals surface area (Å²) in [7, 11) is 0. The number of rotatable bonds is 10. The van der Waals surface area contributed by atoms with Gasteiger partial charge in [-0.2, -0.15) is 11.8 Å². The molecule has 0 bridgehead atoms. The zero-order valence-electron chi connectivity index (χ0n) is 11.2. The van der Waals surface area contributed by atoms with Gasteiger partial charge in [-0.05, 0) is 51.5 Å². The molecule has 0 heterocycles. The number of nitrogens with two attached hydrogens (primary N) is 1. The standard InChI is InChI=1S/C12H26N2O2S/c1-10(2)14-12(3,11(13)16)6-4-8-17-9-5-7-15/h10,14-15H,4-9H2,1-3H3,(H2,13,16). The van der Waals surface area contributed by atoms with Crippen molar-refractivity contribution in [2.24, 2.45) is 5.73 Å². The van der Waals surface area contributed by atoms with Crippen LogP contribution in [0.25, 0.3) is 0 Å². The lowest BCUT2D eigenvalue weighted by molar-refractivity contribution is -0.124. The minimum Gasteiger partial charge on any atom is -0.396 e. The number of hydrogen-bond donors (Lipinski definition) is 3. The Bertz CT molecular complexity index is 225. The normalized spacial score (nSPS) is 14.9. The fourth-order valence-electron chi connectivity index (χ4n) is 1.70. The van der Waals surface area contributed by atoms with Gasteiger partial charge in [-0.1, -0.05) is 0 Å². The molecule has 4 nitrogen and oxygen atoms in total. The number of carbonyl (C=O) groups is 1. The van der Waals surface area contributed by atoms with Crippen LogP contribution in [0.2, 0.25) is 0 Å². The van der Waals surface area contributed by atoms with Gasteiger partial charge in [0.1, 0.15) is 0 Å². The molecule has 5 heteroatoms. The summed E-state index contributed by atoms with van der Waals surface area (Å²) in [5, 5.41) is 11.9. The van der Waals surface area contributed by atoms with E-state index in [1.54, 1.807) is 0 Å². The molecule has 0 aromatic carbocycles. The molecule has 1 amide bonds. The summed E-state index contributed by atoms with van der Waals surface area (Å²) >= 11 is 1.81. The van der Waals surface area contributed by atoms with Crippen molar-refractivity contribution in [2.75, 3.05) is 18.1 Å². The molecule has 0 rings (SSSR count). The van der Waals surface area contributed by atoms with Gasteiger partial charge in [-0.15, -0.1) is 0 Å². The highest BCUT2D eigenvalue weighted by Gasteiger charge is 2.30. The number of carbonyl (C=O) groups excluding carboxylic acids is 1. The second-order valence-corrected chi connectivity index (χ2v) is 6.01. The molecule has 0 saturated heterocycles. The van der Waals surface area contributed by atoms with Crippen LogP contribution >= 0.6 is 11.8 Å². The van der Waals surface area contributed by atoms with Crippen molar-refractivity contribution in [3.05, 3.63) is 0 Å². The quantitative estimate of drug-likeness (QED) is 0.516. The van der Waals surface area contributed by atoms with Crippen molar-refractivity contribution >= 4 is 17.7 Å². The van der Waals surface area contributed by atoms with Gasteiger partial charge in [0, 0.05) is 12.6 Å². The van der Waals surface area contributed by atoms with Crippen LogP contribution in [-0.4, -0.2) is 40.7 Å². The zero-order chi connectivity index (χ0) is 13.3. The van der Waals surface area contributed by atoms with Crippen LogP contribution in [0.15, 0.2) is 0 Å². The van der Waals surface area contributed by atoms with Gasteiger partial charge in [0.15, 0.2) is 0 Å². The molecule has 4 N–H and O–H groups in total. The van der Waals surface area contributed by atoms with Crippen LogP contribution in [0.5, 0.6) is 0 Å². The lowest BCUT2D eigenvalue weighted by atomic mass is 9.94. The Morgan fingerprint density at radius 2 is 2.00 bits per heavy atom. The van der Waals surface area contributed by atoms with Gasteiger partial charge < -0.3 is 16.2 Å². The van der Waals surface area contributed by atoms with E-state index in [1.165, 1.54) is 0 Å². The third-order valence-corrected chi connectivity index (χ3v) is 3.72. The molecule has 0 fully saturated rings. The van der Waals surface area contributed by atoms with Gasteiger partial charge >= 0.3 is 0 Å². The predicted octanol–water partition coefficient (Wildman–Crippen LogP) is 1.12. The van der Waals surface area contributed by atoms with Gasteiger partial charge in [-0.3, -0.25) is 4.79 Å². The number of primary amides is 1. The molecule has 1 atom stereocenters. The van der Waals surface area contributed by atoms with E-state index in [-0.39, 0.29) is 18.6 Å². The van der Waals surface area contributed by atoms with Gasteiger partial charge in [-0.25, -0.2) is 0 Å². The Kier molecular flexibility index (Phi) is 8.64. The topological polar surface area (TPSA) is 75.3 Å². The van der Waals surface area contributed by atoms with Gasteiger partial charge in [0.05, 0.1) is 5.54 Å². The monoisotopic (exact) mass is 262 g/mol. The van der Waals surface area contributed by atoms with Crippen LogP contribution < -0.4 is 11.1 Å². The molecule has 102 valence electrons. The summed E-state index contributed by atoms with van der Waals surface area (Å²) in [6.45, 7) is 6.14. The molecule has 17 heavy (non-hydrogen) atoms. The molecule has 0 aromatic rings. The van der Waals surface area contributed by atoms with Crippen LogP contribution in [0.4, 0.5) is 0 Å². The lowest BCUT2D eigenvalue weighted by Crippen LogP contribution is -2.55. The number of nitrogens with one attached hydrogen (secondary N) is 1. The summed E-state index contributed by atoms with van der Waals surface area (Å²) in [4.78, 5) is 11.4. The molecular weight excluding hydrogens is 236 g/mol. The highest BCUT2D eigenvalue weighted by atomic mass is 32.2. The molecule has 0 aromatic heterocycles. The maximum absolute atomic E-state index is 11.4. The SMILES string of the molecule is CC(C)NC(C)(CCCSCCCO)C(N)=O. The predicted molar refractivity (Wildman–Crippen MR) is 74.1 cm³/mol. The molecule has 0 spiro atoms. The van der Waals surface area contributed by atoms with E-state index < -0.39 is 5.54 Å². The molecule has 0 radical (unpaired) electrons. The lowest BCUT2D eigenvalue weighted by Gasteiger charge is -2.29. The van der Waals surface area contributed by atoms with Gasteiger partial charge in [0.25, 0.3) is 0 Å². The average Bonchev–Trinajstić information content (AvgIpc) is 2.22. The fourth-order valence-corrected chi connectivity index (χ4v) is 2.59. The average molecular weight is 262 g/mol. The Morgan fingerprint density at radius 3 is 2.47 bits per heavy atom. The molecule has 0 aliphatic rings. The zero-order valence-corrected chi connectivity index (χ0v) is 12.0. The van der Waals surface area contributed by atoms with E-state index in [2.05, 4.69) is 5.32 Å². The first-order valence-corrected chi connectivity index (χ1v) is 7.34. The van der Waals surface area contributed by atoms with Crippen molar-refractivity contribution in [3.63, 3.8) is 0 Å². The number of thioether (sulfide) groups is 1.